The summed E-state index contributed by atoms with van der Waals surface area (Å²) in [6, 6.07) is 0. The van der Waals surface area contributed by atoms with Crippen molar-refractivity contribution < 1.29 is 28.1 Å². The van der Waals surface area contributed by atoms with Crippen molar-refractivity contribution in [3.8, 4) is 0 Å². The topological polar surface area (TPSA) is 67.0 Å². The minimum Gasteiger partial charge on any atom is -0.390 e. The first-order valence-corrected chi connectivity index (χ1v) is 6.78. The van der Waals surface area contributed by atoms with Gasteiger partial charge in [0.1, 0.15) is 11.5 Å². The van der Waals surface area contributed by atoms with Gasteiger partial charge in [-0.1, -0.05) is 0 Å². The summed E-state index contributed by atoms with van der Waals surface area (Å²) < 4.78 is 46.2. The summed E-state index contributed by atoms with van der Waals surface area (Å²) in [7, 11) is 3.41. The molecule has 1 rings (SSSR count). The zero-order valence-electron chi connectivity index (χ0n) is 11.2. The molecular weight excluding hydrogens is 297 g/mol. The SMILES string of the molecule is C=[N+]=C(SC1CC(O)C(O)C(CC(F)(F)F)O1)N(C)C. The van der Waals surface area contributed by atoms with Gasteiger partial charge in [0, 0.05) is 18.2 Å². The molecule has 1 aliphatic rings. The van der Waals surface area contributed by atoms with Crippen molar-refractivity contribution in [2.75, 3.05) is 14.1 Å². The minimum atomic E-state index is -4.47. The van der Waals surface area contributed by atoms with E-state index >= 15 is 0 Å². The lowest BCUT2D eigenvalue weighted by molar-refractivity contribution is -0.206. The second-order valence-corrected chi connectivity index (χ2v) is 5.80. The van der Waals surface area contributed by atoms with Gasteiger partial charge in [-0.25, -0.2) is 9.57 Å². The summed E-state index contributed by atoms with van der Waals surface area (Å²) >= 11 is 1.06. The minimum absolute atomic E-state index is 0.0209. The van der Waals surface area contributed by atoms with Crippen LogP contribution >= 0.6 is 11.8 Å². The van der Waals surface area contributed by atoms with Crippen LogP contribution in [0.3, 0.4) is 0 Å². The first-order valence-electron chi connectivity index (χ1n) is 5.90. The number of amidine groups is 1. The van der Waals surface area contributed by atoms with E-state index in [1.165, 1.54) is 0 Å². The van der Waals surface area contributed by atoms with Crippen molar-refractivity contribution in [1.82, 2.24) is 9.57 Å². The quantitative estimate of drug-likeness (QED) is 0.433. The highest BCUT2D eigenvalue weighted by atomic mass is 32.2. The summed E-state index contributed by atoms with van der Waals surface area (Å²) in [6.45, 7) is 3.36. The molecule has 0 bridgehead atoms. The fraction of sp³-hybridized carbons (Fsp3) is 0.818. The summed E-state index contributed by atoms with van der Waals surface area (Å²) in [5.41, 5.74) is -0.719. The van der Waals surface area contributed by atoms with E-state index in [1.807, 2.05) is 0 Å². The number of thioether (sulfide) groups is 1. The summed E-state index contributed by atoms with van der Waals surface area (Å²) in [5.74, 6) is 0. The third kappa shape index (κ3) is 4.99. The lowest BCUT2D eigenvalue weighted by Crippen LogP contribution is -2.49. The van der Waals surface area contributed by atoms with Gasteiger partial charge in [0.2, 0.25) is 0 Å². The van der Waals surface area contributed by atoms with Crippen LogP contribution in [0.25, 0.3) is 0 Å². The van der Waals surface area contributed by atoms with Crippen molar-refractivity contribution in [1.29, 1.82) is 0 Å². The first-order chi connectivity index (χ1) is 9.14. The zero-order valence-corrected chi connectivity index (χ0v) is 12.0. The van der Waals surface area contributed by atoms with Crippen LogP contribution in [0.4, 0.5) is 13.2 Å². The van der Waals surface area contributed by atoms with E-state index in [1.54, 1.807) is 19.0 Å². The average molecular weight is 315 g/mol. The standard InChI is InChI=1S/C11H18F3N2O3S/c1-15-10(16(2)3)20-8-4-6(17)9(18)7(19-8)5-11(12,13)14/h6-9,17-18H,1,4-5H2,2-3H3/q+1. The lowest BCUT2D eigenvalue weighted by Gasteiger charge is -2.36. The number of ether oxygens (including phenoxy) is 1. The monoisotopic (exact) mass is 315 g/mol. The summed E-state index contributed by atoms with van der Waals surface area (Å²) in [5, 5.41) is 19.7. The highest BCUT2D eigenvalue weighted by Crippen LogP contribution is 2.34. The molecule has 5 nitrogen and oxygen atoms in total. The van der Waals surface area contributed by atoms with E-state index in [2.05, 4.69) is 11.4 Å². The number of hydrogen-bond acceptors (Lipinski definition) is 4. The van der Waals surface area contributed by atoms with Crippen LogP contribution in [0.5, 0.6) is 0 Å². The van der Waals surface area contributed by atoms with Gasteiger partial charge in [0.05, 0.1) is 32.7 Å². The van der Waals surface area contributed by atoms with Gasteiger partial charge in [-0.2, -0.15) is 13.2 Å². The molecule has 0 aromatic rings. The Bertz CT molecular complexity index is 386. The van der Waals surface area contributed by atoms with Crippen LogP contribution in [-0.4, -0.2) is 71.0 Å². The largest absolute Gasteiger partial charge is 0.407 e. The molecule has 0 amide bonds. The van der Waals surface area contributed by atoms with Crippen molar-refractivity contribution in [3.05, 3.63) is 0 Å². The Labute approximate surface area is 119 Å². The van der Waals surface area contributed by atoms with Crippen molar-refractivity contribution in [2.24, 2.45) is 0 Å². The highest BCUT2D eigenvalue weighted by molar-refractivity contribution is 8.14. The Morgan fingerprint density at radius 3 is 2.50 bits per heavy atom. The summed E-state index contributed by atoms with van der Waals surface area (Å²) in [6.07, 6.45) is -10.0. The molecular formula is C11H18F3N2O3S+. The highest BCUT2D eigenvalue weighted by Gasteiger charge is 2.44. The van der Waals surface area contributed by atoms with E-state index in [-0.39, 0.29) is 6.42 Å². The van der Waals surface area contributed by atoms with E-state index in [4.69, 9.17) is 4.74 Å². The van der Waals surface area contributed by atoms with Gasteiger partial charge in [0.25, 0.3) is 0 Å². The molecule has 1 aliphatic heterocycles. The van der Waals surface area contributed by atoms with Crippen LogP contribution in [0, 0.1) is 0 Å². The molecule has 9 heteroatoms. The molecule has 0 spiro atoms. The number of aliphatic hydroxyl groups is 2. The van der Waals surface area contributed by atoms with Crippen LogP contribution in [0.2, 0.25) is 0 Å². The molecule has 4 unspecified atom stereocenters. The van der Waals surface area contributed by atoms with Crippen LogP contribution in [0.1, 0.15) is 12.8 Å². The second kappa shape index (κ2) is 6.82. The summed E-state index contributed by atoms with van der Waals surface area (Å²) in [4.78, 5) is 1.64. The van der Waals surface area contributed by atoms with Gasteiger partial charge in [0.15, 0.2) is 6.72 Å². The van der Waals surface area contributed by atoms with E-state index in [0.717, 1.165) is 11.8 Å². The van der Waals surface area contributed by atoms with Gasteiger partial charge < -0.3 is 14.9 Å². The molecule has 0 aromatic carbocycles. The van der Waals surface area contributed by atoms with Gasteiger partial charge >= 0.3 is 11.3 Å². The molecule has 20 heavy (non-hydrogen) atoms. The number of halogens is 3. The second-order valence-electron chi connectivity index (χ2n) is 4.67. The number of hydrogen-bond donors (Lipinski definition) is 2. The average Bonchev–Trinajstić information content (AvgIpc) is 2.30. The zero-order chi connectivity index (χ0) is 15.5. The number of aliphatic hydroxyl groups excluding tert-OH is 2. The maximum Gasteiger partial charge on any atom is 0.407 e. The first kappa shape index (κ1) is 17.3. The van der Waals surface area contributed by atoms with Crippen molar-refractivity contribution in [2.45, 2.75) is 42.8 Å². The predicted molar refractivity (Wildman–Crippen MR) is 71.5 cm³/mol. The third-order valence-corrected chi connectivity index (χ3v) is 3.99. The van der Waals surface area contributed by atoms with Crippen LogP contribution in [0.15, 0.2) is 0 Å². The lowest BCUT2D eigenvalue weighted by atomic mass is 10.00. The fourth-order valence-corrected chi connectivity index (χ4v) is 2.80. The molecule has 0 saturated carbocycles. The molecule has 116 valence electrons. The molecule has 1 fully saturated rings. The Balaban J connectivity index is 2.74. The number of alkyl halides is 3. The Morgan fingerprint density at radius 1 is 1.45 bits per heavy atom. The Kier molecular flexibility index (Phi) is 5.91. The molecule has 0 aromatic heterocycles. The molecule has 1 heterocycles. The molecule has 1 saturated heterocycles. The normalized spacial score (nSPS) is 30.8. The van der Waals surface area contributed by atoms with Gasteiger partial charge in [-0.15, -0.1) is 0 Å². The molecule has 0 aliphatic carbocycles. The maximum atomic E-state index is 12.4. The van der Waals surface area contributed by atoms with Crippen LogP contribution < -0.4 is 4.67 Å². The fourth-order valence-electron chi connectivity index (χ4n) is 1.79. The Hall–Kier alpha value is -0.730. The van der Waals surface area contributed by atoms with E-state index < -0.39 is 36.3 Å². The Morgan fingerprint density at radius 2 is 2.05 bits per heavy atom. The maximum absolute atomic E-state index is 12.4. The predicted octanol–water partition coefficient (Wildman–Crippen LogP) is 0.194. The number of nitrogens with zero attached hydrogens (tertiary/aromatic N) is 2. The van der Waals surface area contributed by atoms with E-state index in [9.17, 15) is 23.4 Å². The number of rotatable bonds is 2. The van der Waals surface area contributed by atoms with Gasteiger partial charge in [-0.3, -0.25) is 0 Å². The van der Waals surface area contributed by atoms with E-state index in [0.29, 0.717) is 5.17 Å². The smallest absolute Gasteiger partial charge is 0.390 e. The van der Waals surface area contributed by atoms with Crippen LogP contribution in [-0.2, 0) is 4.74 Å². The molecule has 2 N–H and O–H groups in total. The van der Waals surface area contributed by atoms with Gasteiger partial charge in [-0.05, 0) is 0 Å². The van der Waals surface area contributed by atoms with Crippen molar-refractivity contribution in [3.63, 3.8) is 0 Å². The molecule has 0 radical (unpaired) electrons. The molecule has 4 atom stereocenters. The van der Waals surface area contributed by atoms with Crippen molar-refractivity contribution >= 4 is 23.6 Å². The third-order valence-electron chi connectivity index (χ3n) is 2.72.